The van der Waals surface area contributed by atoms with Crippen LogP contribution in [0.2, 0.25) is 0 Å². The Kier molecular flexibility index (Phi) is 6.48. The summed E-state index contributed by atoms with van der Waals surface area (Å²) in [6, 6.07) is 62.6. The summed E-state index contributed by atoms with van der Waals surface area (Å²) >= 11 is 0. The minimum atomic E-state index is 0.695. The molecular weight excluding hydrogens is 647 g/mol. The van der Waals surface area contributed by atoms with Gasteiger partial charge in [0.05, 0.1) is 16.6 Å². The average molecular weight is 678 g/mol. The van der Waals surface area contributed by atoms with Crippen LogP contribution in [-0.4, -0.2) is 23.7 Å². The molecule has 0 saturated heterocycles. The summed E-state index contributed by atoms with van der Waals surface area (Å²) in [5, 5.41) is 11.1. The highest BCUT2D eigenvalue weighted by Gasteiger charge is 2.18. The maximum Gasteiger partial charge on any atom is 0.182 e. The number of nitrogens with zero attached hydrogens (tertiary/aromatic N) is 5. The van der Waals surface area contributed by atoms with E-state index in [4.69, 9.17) is 10.1 Å². The van der Waals surface area contributed by atoms with Crippen molar-refractivity contribution in [3.8, 4) is 45.0 Å². The molecule has 0 aliphatic rings. The van der Waals surface area contributed by atoms with Crippen LogP contribution in [0.1, 0.15) is 0 Å². The number of para-hydroxylation sites is 2. The minimum Gasteiger partial charge on any atom is -0.316 e. The van der Waals surface area contributed by atoms with Gasteiger partial charge in [0.2, 0.25) is 0 Å². The highest BCUT2D eigenvalue weighted by molar-refractivity contribution is 6.18. The number of aromatic nitrogens is 5. The number of pyridine rings is 1. The molecule has 0 radical (unpaired) electrons. The van der Waals surface area contributed by atoms with E-state index < -0.39 is 0 Å². The standard InChI is InChI=1S/C48H31N5/c1-2-12-36(13-3-1)51-31-29-43-44(51)28-27-42-41-15-6-7-18-45(41)53(46(42)43)37-25-23-35(24-26-37)47-49-48-40(17-9-30-52(48)50-47)34-21-19-33(20-22-34)39-16-8-11-32-10-4-5-14-38(32)39/h1-31H. The monoisotopic (exact) mass is 677 g/mol. The van der Waals surface area contributed by atoms with Gasteiger partial charge in [0.15, 0.2) is 11.5 Å². The Hall–Kier alpha value is -7.24. The smallest absolute Gasteiger partial charge is 0.182 e. The molecule has 0 spiro atoms. The van der Waals surface area contributed by atoms with Gasteiger partial charge in [0, 0.05) is 51.1 Å². The van der Waals surface area contributed by atoms with E-state index in [0.717, 1.165) is 33.7 Å². The zero-order valence-corrected chi connectivity index (χ0v) is 28.6. The van der Waals surface area contributed by atoms with Crippen LogP contribution >= 0.6 is 0 Å². The van der Waals surface area contributed by atoms with Gasteiger partial charge in [-0.05, 0) is 94.2 Å². The molecule has 11 aromatic rings. The van der Waals surface area contributed by atoms with Crippen molar-refractivity contribution in [1.29, 1.82) is 0 Å². The fourth-order valence-electron chi connectivity index (χ4n) is 8.08. The van der Waals surface area contributed by atoms with Crippen molar-refractivity contribution >= 4 is 49.1 Å². The molecular formula is C48H31N5. The van der Waals surface area contributed by atoms with Crippen LogP contribution < -0.4 is 0 Å². The first-order valence-corrected chi connectivity index (χ1v) is 17.9. The van der Waals surface area contributed by atoms with Crippen LogP contribution in [0, 0.1) is 0 Å². The first-order valence-electron chi connectivity index (χ1n) is 17.9. The van der Waals surface area contributed by atoms with Crippen LogP contribution in [0.5, 0.6) is 0 Å². The van der Waals surface area contributed by atoms with Gasteiger partial charge in [-0.3, -0.25) is 0 Å². The Balaban J connectivity index is 0.977. The molecule has 0 saturated carbocycles. The molecule has 0 bridgehead atoms. The molecule has 0 aliphatic carbocycles. The Morgan fingerprint density at radius 3 is 1.94 bits per heavy atom. The SMILES string of the molecule is c1ccc(-n2ccc3c2ccc2c4ccccc4n(-c4ccc(-c5nc6c(-c7ccc(-c8cccc9ccccc89)cc7)cccn6n5)cc4)c23)cc1. The lowest BCUT2D eigenvalue weighted by atomic mass is 9.96. The zero-order chi connectivity index (χ0) is 34.9. The molecule has 5 nitrogen and oxygen atoms in total. The van der Waals surface area contributed by atoms with E-state index in [1.165, 1.54) is 54.6 Å². The summed E-state index contributed by atoms with van der Waals surface area (Å²) in [7, 11) is 0. The lowest BCUT2D eigenvalue weighted by Gasteiger charge is -2.10. The molecule has 0 amide bonds. The van der Waals surface area contributed by atoms with Gasteiger partial charge in [-0.2, -0.15) is 0 Å². The van der Waals surface area contributed by atoms with Crippen molar-refractivity contribution in [3.05, 3.63) is 188 Å². The molecule has 5 heteroatoms. The van der Waals surface area contributed by atoms with Gasteiger partial charge in [0.25, 0.3) is 0 Å². The summed E-state index contributed by atoms with van der Waals surface area (Å²) in [6.07, 6.45) is 4.15. The first-order chi connectivity index (χ1) is 26.3. The Labute approximate surface area is 305 Å². The van der Waals surface area contributed by atoms with Gasteiger partial charge in [0.1, 0.15) is 0 Å². The highest BCUT2D eigenvalue weighted by Crippen LogP contribution is 2.38. The Bertz CT molecular complexity index is 3140. The lowest BCUT2D eigenvalue weighted by molar-refractivity contribution is 0.966. The van der Waals surface area contributed by atoms with Crippen LogP contribution in [0.15, 0.2) is 188 Å². The topological polar surface area (TPSA) is 40.0 Å². The zero-order valence-electron chi connectivity index (χ0n) is 28.6. The number of rotatable bonds is 5. The number of fused-ring (bicyclic) bond motifs is 7. The van der Waals surface area contributed by atoms with Crippen molar-refractivity contribution < 1.29 is 0 Å². The van der Waals surface area contributed by atoms with Crippen LogP contribution in [0.25, 0.3) is 94.1 Å². The molecule has 4 heterocycles. The van der Waals surface area contributed by atoms with Gasteiger partial charge < -0.3 is 9.13 Å². The fourth-order valence-corrected chi connectivity index (χ4v) is 8.08. The van der Waals surface area contributed by atoms with Gasteiger partial charge >= 0.3 is 0 Å². The number of hydrogen-bond acceptors (Lipinski definition) is 2. The molecule has 53 heavy (non-hydrogen) atoms. The van der Waals surface area contributed by atoms with Crippen LogP contribution in [0.3, 0.4) is 0 Å². The summed E-state index contributed by atoms with van der Waals surface area (Å²) in [6.45, 7) is 0. The van der Waals surface area contributed by atoms with Crippen LogP contribution in [-0.2, 0) is 0 Å². The van der Waals surface area contributed by atoms with Crippen molar-refractivity contribution in [2.75, 3.05) is 0 Å². The third kappa shape index (κ3) is 4.64. The summed E-state index contributed by atoms with van der Waals surface area (Å²) in [5.41, 5.74) is 12.2. The molecule has 7 aromatic carbocycles. The largest absolute Gasteiger partial charge is 0.316 e. The number of benzene rings is 7. The molecule has 11 rings (SSSR count). The maximum atomic E-state index is 5.09. The minimum absolute atomic E-state index is 0.695. The van der Waals surface area contributed by atoms with Crippen LogP contribution in [0.4, 0.5) is 0 Å². The fraction of sp³-hybridized carbons (Fsp3) is 0. The van der Waals surface area contributed by atoms with E-state index in [9.17, 15) is 0 Å². The second-order valence-corrected chi connectivity index (χ2v) is 13.5. The second kappa shape index (κ2) is 11.7. The highest BCUT2D eigenvalue weighted by atomic mass is 15.3. The molecule has 0 aliphatic heterocycles. The van der Waals surface area contributed by atoms with Crippen molar-refractivity contribution in [1.82, 2.24) is 23.7 Å². The predicted molar refractivity (Wildman–Crippen MR) is 218 cm³/mol. The lowest BCUT2D eigenvalue weighted by Crippen LogP contribution is -1.95. The number of hydrogen-bond donors (Lipinski definition) is 0. The van der Waals surface area contributed by atoms with E-state index in [-0.39, 0.29) is 0 Å². The second-order valence-electron chi connectivity index (χ2n) is 13.5. The van der Waals surface area contributed by atoms with E-state index in [2.05, 4.69) is 185 Å². The Morgan fingerprint density at radius 1 is 0.396 bits per heavy atom. The van der Waals surface area contributed by atoms with E-state index in [1.807, 2.05) is 16.8 Å². The summed E-state index contributed by atoms with van der Waals surface area (Å²) in [4.78, 5) is 5.09. The molecule has 0 atom stereocenters. The molecule has 0 N–H and O–H groups in total. The third-order valence-corrected chi connectivity index (χ3v) is 10.6. The molecule has 0 unspecified atom stereocenters. The quantitative estimate of drug-likeness (QED) is 0.182. The first kappa shape index (κ1) is 29.5. The third-order valence-electron chi connectivity index (χ3n) is 10.6. The maximum absolute atomic E-state index is 5.09. The molecule has 4 aromatic heterocycles. The van der Waals surface area contributed by atoms with Crippen molar-refractivity contribution in [2.45, 2.75) is 0 Å². The van der Waals surface area contributed by atoms with E-state index >= 15 is 0 Å². The Morgan fingerprint density at radius 2 is 1.09 bits per heavy atom. The molecule has 0 fully saturated rings. The van der Waals surface area contributed by atoms with Gasteiger partial charge in [-0.15, -0.1) is 5.10 Å². The predicted octanol–water partition coefficient (Wildman–Crippen LogP) is 11.9. The normalized spacial score (nSPS) is 11.8. The van der Waals surface area contributed by atoms with E-state index in [1.54, 1.807) is 0 Å². The van der Waals surface area contributed by atoms with E-state index in [0.29, 0.717) is 5.82 Å². The van der Waals surface area contributed by atoms with Crippen molar-refractivity contribution in [2.24, 2.45) is 0 Å². The summed E-state index contributed by atoms with van der Waals surface area (Å²) in [5.74, 6) is 0.695. The molecule has 248 valence electrons. The average Bonchev–Trinajstić information content (AvgIpc) is 3.95. The summed E-state index contributed by atoms with van der Waals surface area (Å²) < 4.78 is 6.55. The van der Waals surface area contributed by atoms with Gasteiger partial charge in [-0.1, -0.05) is 109 Å². The van der Waals surface area contributed by atoms with Crippen molar-refractivity contribution in [3.63, 3.8) is 0 Å². The van der Waals surface area contributed by atoms with Gasteiger partial charge in [-0.25, -0.2) is 9.50 Å².